The van der Waals surface area contributed by atoms with E-state index in [-0.39, 0.29) is 11.7 Å². The van der Waals surface area contributed by atoms with Crippen molar-refractivity contribution in [2.75, 3.05) is 0 Å². The molecule has 20 heavy (non-hydrogen) atoms. The molecule has 1 N–H and O–H groups in total. The van der Waals surface area contributed by atoms with Crippen molar-refractivity contribution in [2.24, 2.45) is 0 Å². The Bertz CT molecular complexity index is 752. The van der Waals surface area contributed by atoms with Crippen molar-refractivity contribution in [3.63, 3.8) is 0 Å². The summed E-state index contributed by atoms with van der Waals surface area (Å²) in [6.07, 6.45) is 5.02. The fourth-order valence-electron chi connectivity index (χ4n) is 1.77. The number of pyridine rings is 1. The van der Waals surface area contributed by atoms with Gasteiger partial charge in [-0.25, -0.2) is 9.50 Å². The van der Waals surface area contributed by atoms with Crippen LogP contribution in [0.4, 0.5) is 0 Å². The molecule has 7 heteroatoms. The molecule has 0 saturated heterocycles. The van der Waals surface area contributed by atoms with Gasteiger partial charge in [-0.2, -0.15) is 4.98 Å². The molecule has 3 aromatic heterocycles. The average molecular weight is 268 g/mol. The molecule has 0 aromatic carbocycles. The number of hydrogen-bond donors (Lipinski definition) is 1. The summed E-state index contributed by atoms with van der Waals surface area (Å²) in [6.45, 7) is 2.26. The number of aryl methyl sites for hydroxylation is 1. The third kappa shape index (κ3) is 2.33. The van der Waals surface area contributed by atoms with Crippen molar-refractivity contribution in [1.29, 1.82) is 0 Å². The van der Waals surface area contributed by atoms with Crippen LogP contribution in [-0.2, 0) is 6.54 Å². The van der Waals surface area contributed by atoms with Crippen molar-refractivity contribution in [1.82, 2.24) is 29.9 Å². The highest BCUT2D eigenvalue weighted by Gasteiger charge is 2.13. The lowest BCUT2D eigenvalue weighted by Crippen LogP contribution is -2.24. The Hall–Kier alpha value is -2.83. The van der Waals surface area contributed by atoms with Crippen molar-refractivity contribution < 1.29 is 4.79 Å². The summed E-state index contributed by atoms with van der Waals surface area (Å²) < 4.78 is 1.54. The minimum absolute atomic E-state index is 0.107. The molecule has 3 aromatic rings. The molecule has 0 bridgehead atoms. The molecule has 3 heterocycles. The van der Waals surface area contributed by atoms with Gasteiger partial charge in [0.25, 0.3) is 11.7 Å². The zero-order valence-electron chi connectivity index (χ0n) is 10.8. The summed E-state index contributed by atoms with van der Waals surface area (Å²) >= 11 is 0. The first-order chi connectivity index (χ1) is 9.74. The Morgan fingerprint density at radius 2 is 2.25 bits per heavy atom. The number of carbonyl (C=O) groups is 1. The lowest BCUT2D eigenvalue weighted by atomic mass is 10.3. The van der Waals surface area contributed by atoms with Gasteiger partial charge in [-0.3, -0.25) is 9.78 Å². The highest BCUT2D eigenvalue weighted by Crippen LogP contribution is 2.02. The van der Waals surface area contributed by atoms with E-state index in [2.05, 4.69) is 25.4 Å². The highest BCUT2D eigenvalue weighted by molar-refractivity contribution is 5.90. The Morgan fingerprint density at radius 1 is 1.35 bits per heavy atom. The van der Waals surface area contributed by atoms with Crippen molar-refractivity contribution in [3.05, 3.63) is 53.9 Å². The third-order valence-electron chi connectivity index (χ3n) is 2.81. The van der Waals surface area contributed by atoms with Gasteiger partial charge in [0.15, 0.2) is 0 Å². The van der Waals surface area contributed by atoms with Crippen LogP contribution >= 0.6 is 0 Å². The molecule has 0 aliphatic carbocycles. The van der Waals surface area contributed by atoms with Gasteiger partial charge in [0.05, 0.1) is 0 Å². The van der Waals surface area contributed by atoms with Gasteiger partial charge in [0, 0.05) is 30.8 Å². The van der Waals surface area contributed by atoms with E-state index in [1.807, 2.05) is 19.1 Å². The predicted octanol–water partition coefficient (Wildman–Crippen LogP) is 0.758. The van der Waals surface area contributed by atoms with Crippen LogP contribution in [0.3, 0.4) is 0 Å². The van der Waals surface area contributed by atoms with Crippen molar-refractivity contribution in [3.8, 4) is 0 Å². The van der Waals surface area contributed by atoms with Crippen LogP contribution in [0.1, 0.15) is 21.9 Å². The van der Waals surface area contributed by atoms with Crippen LogP contribution in [0.5, 0.6) is 0 Å². The van der Waals surface area contributed by atoms with Gasteiger partial charge in [-0.05, 0) is 24.6 Å². The molecule has 0 saturated carbocycles. The Morgan fingerprint density at radius 3 is 3.00 bits per heavy atom. The number of rotatable bonds is 3. The zero-order chi connectivity index (χ0) is 13.9. The molecule has 0 aliphatic heterocycles. The first-order valence-electron chi connectivity index (χ1n) is 6.09. The molecule has 0 radical (unpaired) electrons. The summed E-state index contributed by atoms with van der Waals surface area (Å²) in [5, 5.41) is 6.89. The van der Waals surface area contributed by atoms with Gasteiger partial charge in [-0.15, -0.1) is 5.10 Å². The molecule has 3 rings (SSSR count). The second kappa shape index (κ2) is 5.04. The highest BCUT2D eigenvalue weighted by atomic mass is 16.2. The third-order valence-corrected chi connectivity index (χ3v) is 2.81. The van der Waals surface area contributed by atoms with E-state index in [1.165, 1.54) is 0 Å². The predicted molar refractivity (Wildman–Crippen MR) is 70.9 cm³/mol. The maximum absolute atomic E-state index is 12.0. The smallest absolute Gasteiger partial charge is 0.291 e. The molecule has 100 valence electrons. The standard InChI is InChI=1S/C13H12N6O/c1-9-4-6-15-13-17-11(18-19(9)13)12(20)16-8-10-3-2-5-14-7-10/h2-7H,8H2,1H3,(H,16,20). The topological polar surface area (TPSA) is 85.1 Å². The lowest BCUT2D eigenvalue weighted by molar-refractivity contribution is 0.0940. The summed E-state index contributed by atoms with van der Waals surface area (Å²) in [4.78, 5) is 24.1. The number of carbonyl (C=O) groups excluding carboxylic acids is 1. The monoisotopic (exact) mass is 268 g/mol. The fraction of sp³-hybridized carbons (Fsp3) is 0.154. The van der Waals surface area contributed by atoms with E-state index >= 15 is 0 Å². The van der Waals surface area contributed by atoms with Gasteiger partial charge in [-0.1, -0.05) is 6.07 Å². The molecular formula is C13H12N6O. The Labute approximate surface area is 114 Å². The van der Waals surface area contributed by atoms with Gasteiger partial charge >= 0.3 is 0 Å². The molecule has 1 amide bonds. The second-order valence-corrected chi connectivity index (χ2v) is 4.28. The first-order valence-corrected chi connectivity index (χ1v) is 6.09. The number of nitrogens with one attached hydrogen (secondary N) is 1. The van der Waals surface area contributed by atoms with E-state index < -0.39 is 0 Å². The maximum atomic E-state index is 12.0. The SMILES string of the molecule is Cc1ccnc2nc(C(=O)NCc3cccnc3)nn12. The van der Waals surface area contributed by atoms with Crippen molar-refractivity contribution in [2.45, 2.75) is 13.5 Å². The maximum Gasteiger partial charge on any atom is 0.291 e. The molecule has 0 unspecified atom stereocenters. The van der Waals surface area contributed by atoms with E-state index in [4.69, 9.17) is 0 Å². The number of amides is 1. The summed E-state index contributed by atoms with van der Waals surface area (Å²) in [7, 11) is 0. The minimum Gasteiger partial charge on any atom is -0.345 e. The Balaban J connectivity index is 1.77. The van der Waals surface area contributed by atoms with Gasteiger partial charge in [0.1, 0.15) is 0 Å². The quantitative estimate of drug-likeness (QED) is 0.758. The van der Waals surface area contributed by atoms with E-state index in [1.54, 1.807) is 29.2 Å². The molecule has 7 nitrogen and oxygen atoms in total. The van der Waals surface area contributed by atoms with Gasteiger partial charge in [0.2, 0.25) is 5.82 Å². The van der Waals surface area contributed by atoms with Gasteiger partial charge < -0.3 is 5.32 Å². The fourth-order valence-corrected chi connectivity index (χ4v) is 1.77. The molecule has 0 fully saturated rings. The largest absolute Gasteiger partial charge is 0.345 e. The first kappa shape index (κ1) is 12.2. The van der Waals surface area contributed by atoms with Crippen LogP contribution in [0.2, 0.25) is 0 Å². The molecule has 0 atom stereocenters. The summed E-state index contributed by atoms with van der Waals surface area (Å²) in [6, 6.07) is 5.51. The summed E-state index contributed by atoms with van der Waals surface area (Å²) in [5.41, 5.74) is 1.78. The Kier molecular flexibility index (Phi) is 3.08. The van der Waals surface area contributed by atoms with E-state index in [9.17, 15) is 4.79 Å². The molecule has 0 spiro atoms. The van der Waals surface area contributed by atoms with Crippen molar-refractivity contribution >= 4 is 11.7 Å². The average Bonchev–Trinajstić information content (AvgIpc) is 2.91. The van der Waals surface area contributed by atoms with Crippen LogP contribution in [0.15, 0.2) is 36.8 Å². The van der Waals surface area contributed by atoms with E-state index in [0.29, 0.717) is 12.3 Å². The minimum atomic E-state index is -0.334. The molecular weight excluding hydrogens is 256 g/mol. The van der Waals surface area contributed by atoms with Crippen LogP contribution in [0, 0.1) is 6.92 Å². The van der Waals surface area contributed by atoms with Crippen LogP contribution < -0.4 is 5.32 Å². The summed E-state index contributed by atoms with van der Waals surface area (Å²) in [5.74, 6) is 0.186. The molecule has 0 aliphatic rings. The van der Waals surface area contributed by atoms with Crippen LogP contribution in [-0.4, -0.2) is 30.5 Å². The zero-order valence-corrected chi connectivity index (χ0v) is 10.8. The number of aromatic nitrogens is 5. The normalized spacial score (nSPS) is 10.7. The van der Waals surface area contributed by atoms with E-state index in [0.717, 1.165) is 11.3 Å². The number of nitrogens with zero attached hydrogens (tertiary/aromatic N) is 5. The number of fused-ring (bicyclic) bond motifs is 1. The second-order valence-electron chi connectivity index (χ2n) is 4.28. The lowest BCUT2D eigenvalue weighted by Gasteiger charge is -2.01. The van der Waals surface area contributed by atoms with Crippen LogP contribution in [0.25, 0.3) is 5.78 Å². The number of hydrogen-bond acceptors (Lipinski definition) is 5.